The van der Waals surface area contributed by atoms with Gasteiger partial charge in [0.25, 0.3) is 0 Å². The second-order valence-corrected chi connectivity index (χ2v) is 3.08. The molecule has 0 bridgehead atoms. The topological polar surface area (TPSA) is 0 Å². The molecule has 2 radical (unpaired) electrons. The summed E-state index contributed by atoms with van der Waals surface area (Å²) in [6, 6.07) is 0. The molecule has 0 heterocycles. The number of hydrogen-bond donors (Lipinski definition) is 0. The predicted molar refractivity (Wildman–Crippen MR) is 39.3 cm³/mol. The second kappa shape index (κ2) is 7.56. The van der Waals surface area contributed by atoms with E-state index < -0.39 is 0 Å². The Morgan fingerprint density at radius 1 is 1.00 bits per heavy atom. The average molecular weight is 174 g/mol. The molecule has 0 amide bonds. The van der Waals surface area contributed by atoms with Gasteiger partial charge in [0, 0.05) is 0 Å². The normalized spacial score (nSPS) is 9.75. The average Bonchev–Trinajstić information content (AvgIpc) is 1.81. The van der Waals surface area contributed by atoms with Crippen LogP contribution in [0.3, 0.4) is 0 Å². The summed E-state index contributed by atoms with van der Waals surface area (Å²) in [7, 11) is 0. The Kier molecular flexibility index (Phi) is 8.09. The van der Waals surface area contributed by atoms with Gasteiger partial charge in [0.05, 0.1) is 0 Å². The zero-order valence-corrected chi connectivity index (χ0v) is 7.57. The Bertz CT molecular complexity index is 29.4. The molecule has 0 N–H and O–H groups in total. The quantitative estimate of drug-likeness (QED) is 0.443. The maximum atomic E-state index is 2.64. The van der Waals surface area contributed by atoms with Crippen molar-refractivity contribution in [2.45, 2.75) is 44.2 Å². The molecule has 0 aromatic rings. The van der Waals surface area contributed by atoms with E-state index in [0.717, 1.165) is 0 Å². The molecule has 0 fully saturated rings. The first kappa shape index (κ1) is 8.56. The summed E-state index contributed by atoms with van der Waals surface area (Å²) in [6.07, 6.45) is 7.06. The summed E-state index contributed by atoms with van der Waals surface area (Å²) in [5.74, 6) is 0. The molecule has 0 rings (SSSR count). The van der Waals surface area contributed by atoms with Gasteiger partial charge < -0.3 is 0 Å². The van der Waals surface area contributed by atoms with Crippen LogP contribution in [0.15, 0.2) is 0 Å². The van der Waals surface area contributed by atoms with Gasteiger partial charge in [-0.15, -0.1) is 0 Å². The summed E-state index contributed by atoms with van der Waals surface area (Å²) < 4.78 is 0. The standard InChI is InChI=1S/C7H15As/c1-2-3-4-5-6-7-8/h2-7H2,1H3. The van der Waals surface area contributed by atoms with E-state index in [1.165, 1.54) is 37.3 Å². The zero-order valence-electron chi connectivity index (χ0n) is 5.69. The van der Waals surface area contributed by atoms with Crippen molar-refractivity contribution in [1.82, 2.24) is 0 Å². The van der Waals surface area contributed by atoms with Crippen molar-refractivity contribution < 1.29 is 0 Å². The van der Waals surface area contributed by atoms with Gasteiger partial charge in [-0.1, -0.05) is 0 Å². The molecule has 8 heavy (non-hydrogen) atoms. The van der Waals surface area contributed by atoms with Crippen molar-refractivity contribution >= 4 is 16.9 Å². The van der Waals surface area contributed by atoms with Gasteiger partial charge in [0.1, 0.15) is 0 Å². The fraction of sp³-hybridized carbons (Fsp3) is 1.00. The summed E-state index contributed by atoms with van der Waals surface area (Å²) >= 11 is 2.64. The summed E-state index contributed by atoms with van der Waals surface area (Å²) in [5.41, 5.74) is 0. The van der Waals surface area contributed by atoms with Crippen molar-refractivity contribution in [2.24, 2.45) is 0 Å². The third-order valence-corrected chi connectivity index (χ3v) is 1.93. The molecule has 0 aliphatic carbocycles. The van der Waals surface area contributed by atoms with Crippen LogP contribution in [-0.4, -0.2) is 16.9 Å². The first-order chi connectivity index (χ1) is 3.91. The van der Waals surface area contributed by atoms with Crippen molar-refractivity contribution in [3.05, 3.63) is 0 Å². The van der Waals surface area contributed by atoms with Crippen LogP contribution in [0.5, 0.6) is 0 Å². The van der Waals surface area contributed by atoms with E-state index in [-0.39, 0.29) is 0 Å². The number of hydrogen-bond acceptors (Lipinski definition) is 0. The maximum absolute atomic E-state index is 2.64. The molecule has 0 atom stereocenters. The SMILES string of the molecule is CCCCCCC[As]. The fourth-order valence-corrected chi connectivity index (χ4v) is 1.18. The first-order valence-corrected chi connectivity index (χ1v) is 4.85. The Balaban J connectivity index is 2.53. The summed E-state index contributed by atoms with van der Waals surface area (Å²) in [6.45, 7) is 2.25. The van der Waals surface area contributed by atoms with Crippen LogP contribution in [0.25, 0.3) is 0 Å². The molecule has 0 aromatic carbocycles. The summed E-state index contributed by atoms with van der Waals surface area (Å²) in [5, 5.41) is 1.30. The van der Waals surface area contributed by atoms with Crippen LogP contribution >= 0.6 is 0 Å². The Morgan fingerprint density at radius 2 is 1.62 bits per heavy atom. The van der Waals surface area contributed by atoms with Crippen LogP contribution in [-0.2, 0) is 0 Å². The molecule has 0 spiro atoms. The van der Waals surface area contributed by atoms with Crippen LogP contribution in [0.1, 0.15) is 39.0 Å². The number of rotatable bonds is 5. The van der Waals surface area contributed by atoms with Gasteiger partial charge in [-0.25, -0.2) is 0 Å². The monoisotopic (exact) mass is 174 g/mol. The molecule has 0 aliphatic rings. The van der Waals surface area contributed by atoms with E-state index >= 15 is 0 Å². The molecule has 0 aliphatic heterocycles. The van der Waals surface area contributed by atoms with Crippen LogP contribution in [0, 0.1) is 0 Å². The van der Waals surface area contributed by atoms with Gasteiger partial charge in [0.2, 0.25) is 0 Å². The van der Waals surface area contributed by atoms with Crippen molar-refractivity contribution in [2.75, 3.05) is 0 Å². The molecular weight excluding hydrogens is 159 g/mol. The Morgan fingerprint density at radius 3 is 2.12 bits per heavy atom. The van der Waals surface area contributed by atoms with E-state index in [1.54, 1.807) is 0 Å². The minimum atomic E-state index is 1.30. The van der Waals surface area contributed by atoms with Gasteiger partial charge >= 0.3 is 61.1 Å². The molecule has 1 heteroatoms. The van der Waals surface area contributed by atoms with Gasteiger partial charge in [-0.05, 0) is 0 Å². The Hall–Kier alpha value is 0.558. The second-order valence-electron chi connectivity index (χ2n) is 2.14. The van der Waals surface area contributed by atoms with Crippen LogP contribution < -0.4 is 0 Å². The molecule has 48 valence electrons. The van der Waals surface area contributed by atoms with E-state index in [2.05, 4.69) is 23.8 Å². The third-order valence-electron chi connectivity index (χ3n) is 1.26. The zero-order chi connectivity index (χ0) is 6.24. The molecular formula is C7H15As. The van der Waals surface area contributed by atoms with Crippen molar-refractivity contribution in [3.63, 3.8) is 0 Å². The van der Waals surface area contributed by atoms with Crippen molar-refractivity contribution in [3.8, 4) is 0 Å². The van der Waals surface area contributed by atoms with Gasteiger partial charge in [-0.2, -0.15) is 0 Å². The van der Waals surface area contributed by atoms with E-state index in [4.69, 9.17) is 0 Å². The van der Waals surface area contributed by atoms with Crippen molar-refractivity contribution in [1.29, 1.82) is 0 Å². The van der Waals surface area contributed by atoms with Gasteiger partial charge in [0.15, 0.2) is 0 Å². The van der Waals surface area contributed by atoms with E-state index in [1.807, 2.05) is 0 Å². The molecule has 0 saturated heterocycles. The first-order valence-electron chi connectivity index (χ1n) is 3.52. The summed E-state index contributed by atoms with van der Waals surface area (Å²) in [4.78, 5) is 0. The van der Waals surface area contributed by atoms with Crippen LogP contribution in [0.4, 0.5) is 0 Å². The van der Waals surface area contributed by atoms with E-state index in [0.29, 0.717) is 0 Å². The predicted octanol–water partition coefficient (Wildman–Crippen LogP) is 2.54. The third kappa shape index (κ3) is 6.56. The fourth-order valence-electron chi connectivity index (χ4n) is 0.715. The van der Waals surface area contributed by atoms with Crippen LogP contribution in [0.2, 0.25) is 5.21 Å². The molecule has 0 unspecified atom stereocenters. The molecule has 0 nitrogen and oxygen atoms in total. The minimum absolute atomic E-state index is 1.30. The van der Waals surface area contributed by atoms with E-state index in [9.17, 15) is 0 Å². The van der Waals surface area contributed by atoms with Gasteiger partial charge in [-0.3, -0.25) is 0 Å². The Labute approximate surface area is 61.5 Å². The molecule has 0 saturated carbocycles. The molecule has 0 aromatic heterocycles. The number of unbranched alkanes of at least 4 members (excludes halogenated alkanes) is 4.